The summed E-state index contributed by atoms with van der Waals surface area (Å²) in [7, 11) is 0. The lowest BCUT2D eigenvalue weighted by atomic mass is 9.97. The van der Waals surface area contributed by atoms with Crippen molar-refractivity contribution in [1.29, 1.82) is 0 Å². The lowest BCUT2D eigenvalue weighted by Crippen LogP contribution is -2.31. The summed E-state index contributed by atoms with van der Waals surface area (Å²) in [5.74, 6) is 0.600. The van der Waals surface area contributed by atoms with Gasteiger partial charge in [-0.2, -0.15) is 0 Å². The molecule has 2 aromatic carbocycles. The molecule has 0 bridgehead atoms. The summed E-state index contributed by atoms with van der Waals surface area (Å²) in [6.07, 6.45) is 0.866. The maximum atomic E-state index is 12.9. The lowest BCUT2D eigenvalue weighted by Gasteiger charge is -2.21. The molecule has 0 saturated heterocycles. The molecule has 0 saturated carbocycles. The third-order valence-corrected chi connectivity index (χ3v) is 5.82. The SMILES string of the molecule is CC(C)C[C@H](NC(=O)CSc1nc2ccccc2c(=O)n1C(C)C)c1ccccc1. The minimum absolute atomic E-state index is 0.0313. The number of aromatic nitrogens is 2. The van der Waals surface area contributed by atoms with Gasteiger partial charge in [0.2, 0.25) is 5.91 Å². The number of carbonyl (C=O) groups is 1. The smallest absolute Gasteiger partial charge is 0.262 e. The fourth-order valence-electron chi connectivity index (χ4n) is 3.48. The summed E-state index contributed by atoms with van der Waals surface area (Å²) in [6.45, 7) is 8.21. The van der Waals surface area contributed by atoms with Crippen molar-refractivity contribution in [1.82, 2.24) is 14.9 Å². The molecule has 158 valence electrons. The first-order valence-electron chi connectivity index (χ1n) is 10.3. The number of hydrogen-bond acceptors (Lipinski definition) is 4. The van der Waals surface area contributed by atoms with E-state index in [4.69, 9.17) is 0 Å². The van der Waals surface area contributed by atoms with Gasteiger partial charge in [0, 0.05) is 6.04 Å². The van der Waals surface area contributed by atoms with Gasteiger partial charge in [-0.15, -0.1) is 0 Å². The van der Waals surface area contributed by atoms with Gasteiger partial charge in [0.15, 0.2) is 5.16 Å². The van der Waals surface area contributed by atoms with E-state index >= 15 is 0 Å². The van der Waals surface area contributed by atoms with E-state index in [-0.39, 0.29) is 29.3 Å². The second-order valence-electron chi connectivity index (χ2n) is 8.13. The van der Waals surface area contributed by atoms with Crippen LogP contribution < -0.4 is 10.9 Å². The molecule has 1 aromatic heterocycles. The summed E-state index contributed by atoms with van der Waals surface area (Å²) in [4.78, 5) is 30.4. The Morgan fingerprint density at radius 3 is 2.37 bits per heavy atom. The Kier molecular flexibility index (Phi) is 7.32. The summed E-state index contributed by atoms with van der Waals surface area (Å²) in [6, 6.07) is 17.3. The Morgan fingerprint density at radius 1 is 1.03 bits per heavy atom. The van der Waals surface area contributed by atoms with Crippen LogP contribution in [0.25, 0.3) is 10.9 Å². The number of nitrogens with one attached hydrogen (secondary N) is 1. The van der Waals surface area contributed by atoms with Gasteiger partial charge >= 0.3 is 0 Å². The third-order valence-electron chi connectivity index (χ3n) is 4.87. The molecule has 3 rings (SSSR count). The largest absolute Gasteiger partial charge is 0.349 e. The van der Waals surface area contributed by atoms with Crippen LogP contribution in [0.2, 0.25) is 0 Å². The number of rotatable bonds is 8. The molecule has 0 spiro atoms. The summed E-state index contributed by atoms with van der Waals surface area (Å²) >= 11 is 1.31. The molecular formula is C24H29N3O2S. The van der Waals surface area contributed by atoms with Crippen LogP contribution >= 0.6 is 11.8 Å². The zero-order valence-corrected chi connectivity index (χ0v) is 18.8. The maximum absolute atomic E-state index is 12.9. The molecular weight excluding hydrogens is 394 g/mol. The molecule has 1 amide bonds. The maximum Gasteiger partial charge on any atom is 0.262 e. The normalized spacial score (nSPS) is 12.5. The second kappa shape index (κ2) is 9.94. The molecule has 0 aliphatic heterocycles. The summed E-state index contributed by atoms with van der Waals surface area (Å²) < 4.78 is 1.67. The zero-order valence-electron chi connectivity index (χ0n) is 18.0. The number of amides is 1. The average Bonchev–Trinajstić information content (AvgIpc) is 2.72. The third kappa shape index (κ3) is 5.30. The number of para-hydroxylation sites is 1. The minimum Gasteiger partial charge on any atom is -0.349 e. The standard InChI is InChI=1S/C24H29N3O2S/c1-16(2)14-21(18-10-6-5-7-11-18)25-22(28)15-30-24-26-20-13-9-8-12-19(20)23(29)27(24)17(3)4/h5-13,16-17,21H,14-15H2,1-4H3,(H,25,28)/t21-/m0/s1. The van der Waals surface area contributed by atoms with Gasteiger partial charge in [-0.1, -0.05) is 68.1 Å². The average molecular weight is 424 g/mol. The van der Waals surface area contributed by atoms with Crippen LogP contribution in [0.15, 0.2) is 64.5 Å². The molecule has 1 atom stereocenters. The van der Waals surface area contributed by atoms with Gasteiger partial charge in [0.05, 0.1) is 22.7 Å². The molecule has 3 aromatic rings. The van der Waals surface area contributed by atoms with E-state index in [2.05, 4.69) is 24.1 Å². The van der Waals surface area contributed by atoms with E-state index in [0.717, 1.165) is 12.0 Å². The van der Waals surface area contributed by atoms with Crippen LogP contribution in [0.5, 0.6) is 0 Å². The van der Waals surface area contributed by atoms with Crippen LogP contribution in [-0.4, -0.2) is 21.2 Å². The van der Waals surface area contributed by atoms with Crippen molar-refractivity contribution < 1.29 is 4.79 Å². The summed E-state index contributed by atoms with van der Waals surface area (Å²) in [5.41, 5.74) is 1.69. The fourth-order valence-corrected chi connectivity index (χ4v) is 4.42. The van der Waals surface area contributed by atoms with Gasteiger partial charge in [-0.3, -0.25) is 14.2 Å². The van der Waals surface area contributed by atoms with Crippen LogP contribution in [0.4, 0.5) is 0 Å². The zero-order chi connectivity index (χ0) is 21.7. The number of carbonyl (C=O) groups excluding carboxylic acids is 1. The first-order valence-corrected chi connectivity index (χ1v) is 11.3. The van der Waals surface area contributed by atoms with E-state index in [1.54, 1.807) is 10.6 Å². The first kappa shape index (κ1) is 22.1. The van der Waals surface area contributed by atoms with Crippen LogP contribution in [0.3, 0.4) is 0 Å². The van der Waals surface area contributed by atoms with E-state index < -0.39 is 0 Å². The van der Waals surface area contributed by atoms with Crippen molar-refractivity contribution in [2.75, 3.05) is 5.75 Å². The van der Waals surface area contributed by atoms with Gasteiger partial charge in [0.1, 0.15) is 0 Å². The molecule has 0 aliphatic rings. The number of nitrogens with zero attached hydrogens (tertiary/aromatic N) is 2. The fraction of sp³-hybridized carbons (Fsp3) is 0.375. The van der Waals surface area contributed by atoms with Gasteiger partial charge < -0.3 is 5.32 Å². The summed E-state index contributed by atoms with van der Waals surface area (Å²) in [5, 5.41) is 4.33. The Bertz CT molecular complexity index is 1060. The van der Waals surface area contributed by atoms with Crippen molar-refractivity contribution in [3.8, 4) is 0 Å². The Hall–Kier alpha value is -2.60. The molecule has 0 fully saturated rings. The van der Waals surface area contributed by atoms with Crippen LogP contribution in [-0.2, 0) is 4.79 Å². The predicted molar refractivity (Wildman–Crippen MR) is 124 cm³/mol. The molecule has 0 aliphatic carbocycles. The predicted octanol–water partition coefficient (Wildman–Crippen LogP) is 4.97. The van der Waals surface area contributed by atoms with Crippen LogP contribution in [0.1, 0.15) is 51.8 Å². The highest BCUT2D eigenvalue weighted by atomic mass is 32.2. The van der Waals surface area contributed by atoms with Crippen LogP contribution in [0, 0.1) is 5.92 Å². The molecule has 30 heavy (non-hydrogen) atoms. The number of fused-ring (bicyclic) bond motifs is 1. The van der Waals surface area contributed by atoms with Gasteiger partial charge in [-0.05, 0) is 43.9 Å². The van der Waals surface area contributed by atoms with E-state index in [1.807, 2.05) is 62.4 Å². The molecule has 0 radical (unpaired) electrons. The Balaban J connectivity index is 1.79. The lowest BCUT2D eigenvalue weighted by molar-refractivity contribution is -0.119. The van der Waals surface area contributed by atoms with Gasteiger partial charge in [-0.25, -0.2) is 4.98 Å². The first-order chi connectivity index (χ1) is 14.4. The molecule has 0 unspecified atom stereocenters. The second-order valence-corrected chi connectivity index (χ2v) is 9.07. The number of thioether (sulfide) groups is 1. The topological polar surface area (TPSA) is 64.0 Å². The minimum atomic E-state index is -0.0690. The molecule has 1 N–H and O–H groups in total. The quantitative estimate of drug-likeness (QED) is 0.410. The van der Waals surface area contributed by atoms with E-state index in [9.17, 15) is 9.59 Å². The van der Waals surface area contributed by atoms with Gasteiger partial charge in [0.25, 0.3) is 5.56 Å². The van der Waals surface area contributed by atoms with Crippen molar-refractivity contribution >= 4 is 28.6 Å². The highest BCUT2D eigenvalue weighted by molar-refractivity contribution is 7.99. The van der Waals surface area contributed by atoms with Crippen molar-refractivity contribution in [2.24, 2.45) is 5.92 Å². The molecule has 5 nitrogen and oxygen atoms in total. The molecule has 1 heterocycles. The monoisotopic (exact) mass is 423 g/mol. The van der Waals surface area contributed by atoms with E-state index in [0.29, 0.717) is 22.0 Å². The Labute approximate surface area is 181 Å². The number of hydrogen-bond donors (Lipinski definition) is 1. The Morgan fingerprint density at radius 2 is 1.70 bits per heavy atom. The van der Waals surface area contributed by atoms with E-state index in [1.165, 1.54) is 11.8 Å². The van der Waals surface area contributed by atoms with Crippen molar-refractivity contribution in [3.63, 3.8) is 0 Å². The van der Waals surface area contributed by atoms with Crippen molar-refractivity contribution in [3.05, 3.63) is 70.5 Å². The number of benzene rings is 2. The highest BCUT2D eigenvalue weighted by Gasteiger charge is 2.18. The highest BCUT2D eigenvalue weighted by Crippen LogP contribution is 2.23. The molecule has 6 heteroatoms. The van der Waals surface area contributed by atoms with Crippen molar-refractivity contribution in [2.45, 2.75) is 51.4 Å².